The topological polar surface area (TPSA) is 29.1 Å². The molecule has 2 nitrogen and oxygen atoms in total. The smallest absolute Gasteiger partial charge is 0.109 e. The highest BCUT2D eigenvalue weighted by Gasteiger charge is 2.15. The number of hydrogen-bond acceptors (Lipinski definition) is 2. The molecule has 0 saturated heterocycles. The van der Waals surface area contributed by atoms with Crippen LogP contribution in [0.25, 0.3) is 0 Å². The molecular formula is C10H14NOP. The number of fused-ring (bicyclic) bond motifs is 1. The molecule has 1 aromatic rings. The molecule has 70 valence electrons. The van der Waals surface area contributed by atoms with Crippen molar-refractivity contribution >= 4 is 18.1 Å². The van der Waals surface area contributed by atoms with Gasteiger partial charge in [-0.1, -0.05) is 12.1 Å². The summed E-state index contributed by atoms with van der Waals surface area (Å²) in [4.78, 5) is 0. The first-order valence-corrected chi connectivity index (χ1v) is 7.10. The molecule has 0 radical (unpaired) electrons. The molecule has 1 aliphatic heterocycles. The normalized spacial score (nSPS) is 15.2. The SMILES string of the molecule is CP(C)(=O)c1ccc2c(c1)NCC2. The van der Waals surface area contributed by atoms with Crippen molar-refractivity contribution in [3.63, 3.8) is 0 Å². The summed E-state index contributed by atoms with van der Waals surface area (Å²) < 4.78 is 11.8. The van der Waals surface area contributed by atoms with E-state index in [1.807, 2.05) is 25.5 Å². The summed E-state index contributed by atoms with van der Waals surface area (Å²) in [5.74, 6) is 0. The fraction of sp³-hybridized carbons (Fsp3) is 0.400. The van der Waals surface area contributed by atoms with E-state index in [0.717, 1.165) is 18.3 Å². The van der Waals surface area contributed by atoms with Gasteiger partial charge >= 0.3 is 0 Å². The molecule has 0 spiro atoms. The number of nitrogens with one attached hydrogen (secondary N) is 1. The molecule has 1 N–H and O–H groups in total. The lowest BCUT2D eigenvalue weighted by Crippen LogP contribution is -2.03. The van der Waals surface area contributed by atoms with Gasteiger partial charge < -0.3 is 9.88 Å². The predicted octanol–water partition coefficient (Wildman–Crippen LogP) is 1.90. The van der Waals surface area contributed by atoms with Crippen LogP contribution in [0.2, 0.25) is 0 Å². The minimum atomic E-state index is -2.09. The summed E-state index contributed by atoms with van der Waals surface area (Å²) in [7, 11) is -2.09. The van der Waals surface area contributed by atoms with Gasteiger partial charge in [0.25, 0.3) is 0 Å². The van der Waals surface area contributed by atoms with E-state index in [0.29, 0.717) is 0 Å². The van der Waals surface area contributed by atoms with Gasteiger partial charge in [-0.25, -0.2) is 0 Å². The molecule has 1 aliphatic rings. The number of benzene rings is 1. The van der Waals surface area contributed by atoms with Gasteiger partial charge in [-0.3, -0.25) is 0 Å². The average molecular weight is 195 g/mol. The van der Waals surface area contributed by atoms with Crippen molar-refractivity contribution in [3.8, 4) is 0 Å². The first-order chi connectivity index (χ1) is 6.07. The van der Waals surface area contributed by atoms with E-state index in [2.05, 4.69) is 11.4 Å². The Hall–Kier alpha value is -0.750. The molecule has 2 rings (SSSR count). The molecule has 1 aromatic carbocycles. The van der Waals surface area contributed by atoms with Gasteiger partial charge in [0.15, 0.2) is 0 Å². The van der Waals surface area contributed by atoms with Crippen LogP contribution in [0.5, 0.6) is 0 Å². The van der Waals surface area contributed by atoms with E-state index >= 15 is 0 Å². The van der Waals surface area contributed by atoms with Crippen molar-refractivity contribution in [1.82, 2.24) is 0 Å². The summed E-state index contributed by atoms with van der Waals surface area (Å²) in [5, 5.41) is 4.26. The van der Waals surface area contributed by atoms with Crippen LogP contribution in [0, 0.1) is 0 Å². The standard InChI is InChI=1S/C10H14NOP/c1-13(2,12)9-4-3-8-5-6-11-10(8)7-9/h3-4,7,11H,5-6H2,1-2H3. The molecular weight excluding hydrogens is 181 g/mol. The van der Waals surface area contributed by atoms with Crippen LogP contribution in [0.3, 0.4) is 0 Å². The molecule has 0 fully saturated rings. The Balaban J connectivity index is 2.48. The summed E-state index contributed by atoms with van der Waals surface area (Å²) in [6, 6.07) is 6.11. The number of rotatable bonds is 1. The van der Waals surface area contributed by atoms with Crippen molar-refractivity contribution in [2.75, 3.05) is 25.2 Å². The molecule has 0 unspecified atom stereocenters. The first kappa shape index (κ1) is 8.83. The Morgan fingerprint density at radius 3 is 2.85 bits per heavy atom. The molecule has 0 saturated carbocycles. The van der Waals surface area contributed by atoms with E-state index < -0.39 is 7.14 Å². The van der Waals surface area contributed by atoms with E-state index in [9.17, 15) is 4.57 Å². The maximum Gasteiger partial charge on any atom is 0.109 e. The molecule has 3 heteroatoms. The maximum absolute atomic E-state index is 11.8. The second kappa shape index (κ2) is 2.88. The lowest BCUT2D eigenvalue weighted by molar-refractivity contribution is 0.588. The Kier molecular flexibility index (Phi) is 1.96. The van der Waals surface area contributed by atoms with Crippen LogP contribution in [-0.4, -0.2) is 19.9 Å². The third-order valence-corrected chi connectivity index (χ3v) is 3.95. The Morgan fingerprint density at radius 2 is 2.15 bits per heavy atom. The molecule has 0 aromatic heterocycles. The zero-order valence-electron chi connectivity index (χ0n) is 8.00. The zero-order chi connectivity index (χ0) is 9.47. The van der Waals surface area contributed by atoms with Crippen molar-refractivity contribution in [1.29, 1.82) is 0 Å². The molecule has 1 heterocycles. The van der Waals surface area contributed by atoms with Gasteiger partial charge in [0, 0.05) is 17.5 Å². The van der Waals surface area contributed by atoms with Gasteiger partial charge in [0.05, 0.1) is 0 Å². The van der Waals surface area contributed by atoms with Crippen LogP contribution >= 0.6 is 7.14 Å². The van der Waals surface area contributed by atoms with Gasteiger partial charge in [-0.05, 0) is 31.4 Å². The largest absolute Gasteiger partial charge is 0.384 e. The number of hydrogen-bond donors (Lipinski definition) is 1. The molecule has 0 aliphatic carbocycles. The average Bonchev–Trinajstić information content (AvgIpc) is 2.47. The summed E-state index contributed by atoms with van der Waals surface area (Å²) in [6.45, 7) is 4.63. The molecule has 13 heavy (non-hydrogen) atoms. The third kappa shape index (κ3) is 1.64. The van der Waals surface area contributed by atoms with Crippen molar-refractivity contribution < 1.29 is 4.57 Å². The van der Waals surface area contributed by atoms with Gasteiger partial charge in [-0.15, -0.1) is 0 Å². The zero-order valence-corrected chi connectivity index (χ0v) is 8.90. The van der Waals surface area contributed by atoms with Gasteiger partial charge in [0.1, 0.15) is 7.14 Å². The van der Waals surface area contributed by atoms with Crippen LogP contribution in [0.4, 0.5) is 5.69 Å². The van der Waals surface area contributed by atoms with Crippen LogP contribution in [0.1, 0.15) is 5.56 Å². The van der Waals surface area contributed by atoms with Gasteiger partial charge in [-0.2, -0.15) is 0 Å². The van der Waals surface area contributed by atoms with Crippen molar-refractivity contribution in [2.45, 2.75) is 6.42 Å². The third-order valence-electron chi connectivity index (χ3n) is 2.43. The van der Waals surface area contributed by atoms with E-state index in [4.69, 9.17) is 0 Å². The van der Waals surface area contributed by atoms with Crippen LogP contribution < -0.4 is 10.6 Å². The van der Waals surface area contributed by atoms with Gasteiger partial charge in [0.2, 0.25) is 0 Å². The lowest BCUT2D eigenvalue weighted by atomic mass is 10.2. The second-order valence-electron chi connectivity index (χ2n) is 3.87. The number of anilines is 1. The fourth-order valence-corrected chi connectivity index (χ4v) is 2.49. The lowest BCUT2D eigenvalue weighted by Gasteiger charge is -2.08. The van der Waals surface area contributed by atoms with E-state index in [1.165, 1.54) is 11.3 Å². The van der Waals surface area contributed by atoms with Crippen molar-refractivity contribution in [2.24, 2.45) is 0 Å². The molecule has 0 atom stereocenters. The van der Waals surface area contributed by atoms with E-state index in [-0.39, 0.29) is 0 Å². The monoisotopic (exact) mass is 195 g/mol. The highest BCUT2D eigenvalue weighted by Crippen LogP contribution is 2.36. The summed E-state index contributed by atoms with van der Waals surface area (Å²) in [6.07, 6.45) is 1.09. The predicted molar refractivity (Wildman–Crippen MR) is 57.7 cm³/mol. The quantitative estimate of drug-likeness (QED) is 0.693. The van der Waals surface area contributed by atoms with E-state index in [1.54, 1.807) is 0 Å². The first-order valence-electron chi connectivity index (χ1n) is 4.50. The van der Waals surface area contributed by atoms with Crippen molar-refractivity contribution in [3.05, 3.63) is 23.8 Å². The van der Waals surface area contributed by atoms with Crippen LogP contribution in [0.15, 0.2) is 18.2 Å². The highest BCUT2D eigenvalue weighted by molar-refractivity contribution is 7.70. The second-order valence-corrected chi connectivity index (χ2v) is 7.09. The summed E-state index contributed by atoms with van der Waals surface area (Å²) >= 11 is 0. The minimum absolute atomic E-state index is 0.973. The minimum Gasteiger partial charge on any atom is -0.384 e. The molecule has 0 bridgehead atoms. The Morgan fingerprint density at radius 1 is 1.38 bits per heavy atom. The van der Waals surface area contributed by atoms with Crippen LogP contribution in [-0.2, 0) is 11.0 Å². The highest BCUT2D eigenvalue weighted by atomic mass is 31.2. The summed E-state index contributed by atoms with van der Waals surface area (Å²) in [5.41, 5.74) is 2.51. The Labute approximate surface area is 78.7 Å². The fourth-order valence-electron chi connectivity index (χ4n) is 1.61. The maximum atomic E-state index is 11.8. The molecule has 0 amide bonds. The Bertz CT molecular complexity index is 381.